The van der Waals surface area contributed by atoms with E-state index in [0.29, 0.717) is 22.3 Å². The highest BCUT2D eigenvalue weighted by Crippen LogP contribution is 2.18. The van der Waals surface area contributed by atoms with Gasteiger partial charge in [-0.05, 0) is 24.3 Å². The van der Waals surface area contributed by atoms with Crippen LogP contribution in [0, 0.1) is 0 Å². The molecule has 1 aromatic carbocycles. The molecule has 1 aromatic heterocycles. The van der Waals surface area contributed by atoms with E-state index in [1.807, 2.05) is 0 Å². The van der Waals surface area contributed by atoms with E-state index in [9.17, 15) is 4.79 Å². The fraction of sp³-hybridized carbons (Fsp3) is 0.143. The van der Waals surface area contributed by atoms with Crippen LogP contribution in [0.15, 0.2) is 42.6 Å². The van der Waals surface area contributed by atoms with Gasteiger partial charge < -0.3 is 14.8 Å². The Morgan fingerprint density at radius 3 is 2.80 bits per heavy atom. The lowest BCUT2D eigenvalue weighted by Gasteiger charge is -2.08. The van der Waals surface area contributed by atoms with E-state index >= 15 is 0 Å². The molecular weight excluding hydrogens is 280 g/mol. The van der Waals surface area contributed by atoms with Gasteiger partial charge >= 0.3 is 0 Å². The van der Waals surface area contributed by atoms with Crippen molar-refractivity contribution in [1.29, 1.82) is 0 Å². The molecule has 1 heterocycles. The van der Waals surface area contributed by atoms with Gasteiger partial charge in [0.2, 0.25) is 0 Å². The number of carbonyl (C=O) groups excluding carboxylic acids is 1. The van der Waals surface area contributed by atoms with Crippen molar-refractivity contribution in [3.8, 4) is 11.5 Å². The van der Waals surface area contributed by atoms with Crippen molar-refractivity contribution in [2.45, 2.75) is 0 Å². The zero-order valence-electron chi connectivity index (χ0n) is 10.8. The Hall–Kier alpha value is -2.27. The van der Waals surface area contributed by atoms with Gasteiger partial charge in [-0.2, -0.15) is 0 Å². The molecule has 0 aliphatic carbocycles. The molecule has 5 nitrogen and oxygen atoms in total. The lowest BCUT2D eigenvalue weighted by Crippen LogP contribution is -2.20. The first-order valence-electron chi connectivity index (χ1n) is 5.85. The first kappa shape index (κ1) is 14.1. The second-order valence-electron chi connectivity index (χ2n) is 3.88. The Labute approximate surface area is 121 Å². The SMILES string of the molecule is COc1cccc(OCC(=O)Nc2ccc(Cl)cn2)c1. The molecule has 0 unspecified atom stereocenters. The molecule has 0 spiro atoms. The molecule has 0 saturated heterocycles. The number of aromatic nitrogens is 1. The zero-order chi connectivity index (χ0) is 14.4. The van der Waals surface area contributed by atoms with E-state index in [-0.39, 0.29) is 12.5 Å². The molecule has 2 rings (SSSR count). The van der Waals surface area contributed by atoms with Gasteiger partial charge in [0.15, 0.2) is 6.61 Å². The molecule has 0 saturated carbocycles. The van der Waals surface area contributed by atoms with Gasteiger partial charge in [-0.3, -0.25) is 4.79 Å². The largest absolute Gasteiger partial charge is 0.497 e. The third kappa shape index (κ3) is 4.13. The second kappa shape index (κ2) is 6.77. The number of benzene rings is 1. The lowest BCUT2D eigenvalue weighted by molar-refractivity contribution is -0.118. The summed E-state index contributed by atoms with van der Waals surface area (Å²) in [6, 6.07) is 10.3. The number of halogens is 1. The standard InChI is InChI=1S/C14H13ClN2O3/c1-19-11-3-2-4-12(7-11)20-9-14(18)17-13-6-5-10(15)8-16-13/h2-8H,9H2,1H3,(H,16,17,18). The molecule has 6 heteroatoms. The fourth-order valence-corrected chi connectivity index (χ4v) is 1.58. The lowest BCUT2D eigenvalue weighted by atomic mass is 10.3. The monoisotopic (exact) mass is 292 g/mol. The van der Waals surface area contributed by atoms with Crippen molar-refractivity contribution in [2.75, 3.05) is 19.0 Å². The predicted molar refractivity (Wildman–Crippen MR) is 76.4 cm³/mol. The van der Waals surface area contributed by atoms with Gasteiger partial charge in [0, 0.05) is 12.3 Å². The Morgan fingerprint density at radius 2 is 2.10 bits per heavy atom. The molecule has 0 aliphatic heterocycles. The zero-order valence-corrected chi connectivity index (χ0v) is 11.6. The number of nitrogens with zero attached hydrogens (tertiary/aromatic N) is 1. The number of pyridine rings is 1. The predicted octanol–water partition coefficient (Wildman–Crippen LogP) is 2.76. The Balaban J connectivity index is 1.87. The topological polar surface area (TPSA) is 60.5 Å². The summed E-state index contributed by atoms with van der Waals surface area (Å²) in [5.41, 5.74) is 0. The molecule has 0 atom stereocenters. The fourth-order valence-electron chi connectivity index (χ4n) is 1.47. The van der Waals surface area contributed by atoms with Crippen LogP contribution in [0.5, 0.6) is 11.5 Å². The van der Waals surface area contributed by atoms with Crippen LogP contribution in [0.3, 0.4) is 0 Å². The van der Waals surface area contributed by atoms with Crippen molar-refractivity contribution in [2.24, 2.45) is 0 Å². The molecule has 0 aliphatic rings. The highest BCUT2D eigenvalue weighted by atomic mass is 35.5. The van der Waals surface area contributed by atoms with Crippen molar-refractivity contribution in [3.05, 3.63) is 47.6 Å². The Bertz CT molecular complexity index is 587. The summed E-state index contributed by atoms with van der Waals surface area (Å²) >= 11 is 5.71. The average Bonchev–Trinajstić information content (AvgIpc) is 2.48. The third-order valence-corrected chi connectivity index (χ3v) is 2.63. The second-order valence-corrected chi connectivity index (χ2v) is 4.31. The number of methoxy groups -OCH3 is 1. The maximum atomic E-state index is 11.7. The maximum Gasteiger partial charge on any atom is 0.263 e. The van der Waals surface area contributed by atoms with Crippen LogP contribution in [0.4, 0.5) is 5.82 Å². The first-order valence-corrected chi connectivity index (χ1v) is 6.23. The number of amides is 1. The number of nitrogens with one attached hydrogen (secondary N) is 1. The van der Waals surface area contributed by atoms with Crippen LogP contribution < -0.4 is 14.8 Å². The summed E-state index contributed by atoms with van der Waals surface area (Å²) < 4.78 is 10.4. The number of ether oxygens (including phenoxy) is 2. The third-order valence-electron chi connectivity index (χ3n) is 2.41. The van der Waals surface area contributed by atoms with E-state index in [2.05, 4.69) is 10.3 Å². The van der Waals surface area contributed by atoms with Gasteiger partial charge in [0.1, 0.15) is 17.3 Å². The Kier molecular flexibility index (Phi) is 4.79. The van der Waals surface area contributed by atoms with Crippen LogP contribution in [-0.4, -0.2) is 24.6 Å². The summed E-state index contributed by atoms with van der Waals surface area (Å²) in [6.07, 6.45) is 1.46. The van der Waals surface area contributed by atoms with E-state index in [4.69, 9.17) is 21.1 Å². The summed E-state index contributed by atoms with van der Waals surface area (Å²) in [5, 5.41) is 3.11. The quantitative estimate of drug-likeness (QED) is 0.920. The Morgan fingerprint density at radius 1 is 1.30 bits per heavy atom. The molecule has 2 aromatic rings. The van der Waals surface area contributed by atoms with Crippen LogP contribution in [-0.2, 0) is 4.79 Å². The summed E-state index contributed by atoms with van der Waals surface area (Å²) in [6.45, 7) is -0.114. The molecule has 1 N–H and O–H groups in total. The molecular formula is C14H13ClN2O3. The van der Waals surface area contributed by atoms with Crippen molar-refractivity contribution >= 4 is 23.3 Å². The molecule has 1 amide bonds. The van der Waals surface area contributed by atoms with Gasteiger partial charge in [-0.25, -0.2) is 4.98 Å². The van der Waals surface area contributed by atoms with Crippen LogP contribution in [0.2, 0.25) is 5.02 Å². The molecule has 0 bridgehead atoms. The smallest absolute Gasteiger partial charge is 0.263 e. The van der Waals surface area contributed by atoms with Crippen LogP contribution in [0.1, 0.15) is 0 Å². The first-order chi connectivity index (χ1) is 9.67. The van der Waals surface area contributed by atoms with E-state index in [0.717, 1.165) is 0 Å². The van der Waals surface area contributed by atoms with Crippen LogP contribution in [0.25, 0.3) is 0 Å². The van der Waals surface area contributed by atoms with E-state index in [1.165, 1.54) is 6.20 Å². The normalized spacial score (nSPS) is 9.90. The summed E-state index contributed by atoms with van der Waals surface area (Å²) in [4.78, 5) is 15.6. The van der Waals surface area contributed by atoms with Gasteiger partial charge in [0.05, 0.1) is 12.1 Å². The minimum absolute atomic E-state index is 0.114. The van der Waals surface area contributed by atoms with Gasteiger partial charge in [-0.1, -0.05) is 17.7 Å². The molecule has 20 heavy (non-hydrogen) atoms. The van der Waals surface area contributed by atoms with Crippen LogP contribution >= 0.6 is 11.6 Å². The van der Waals surface area contributed by atoms with Gasteiger partial charge in [-0.15, -0.1) is 0 Å². The summed E-state index contributed by atoms with van der Waals surface area (Å²) in [7, 11) is 1.57. The number of anilines is 1. The van der Waals surface area contributed by atoms with Gasteiger partial charge in [0.25, 0.3) is 5.91 Å². The average molecular weight is 293 g/mol. The number of rotatable bonds is 5. The maximum absolute atomic E-state index is 11.7. The highest BCUT2D eigenvalue weighted by Gasteiger charge is 2.05. The molecule has 0 radical (unpaired) electrons. The molecule has 104 valence electrons. The highest BCUT2D eigenvalue weighted by molar-refractivity contribution is 6.30. The van der Waals surface area contributed by atoms with E-state index in [1.54, 1.807) is 43.5 Å². The van der Waals surface area contributed by atoms with Crippen molar-refractivity contribution in [3.63, 3.8) is 0 Å². The van der Waals surface area contributed by atoms with Crippen molar-refractivity contribution in [1.82, 2.24) is 4.98 Å². The van der Waals surface area contributed by atoms with E-state index < -0.39 is 0 Å². The minimum Gasteiger partial charge on any atom is -0.497 e. The number of hydrogen-bond donors (Lipinski definition) is 1. The summed E-state index contributed by atoms with van der Waals surface area (Å²) in [5.74, 6) is 1.35. The van der Waals surface area contributed by atoms with Crippen molar-refractivity contribution < 1.29 is 14.3 Å². The minimum atomic E-state index is -0.303. The number of hydrogen-bond acceptors (Lipinski definition) is 4. The molecule has 0 fully saturated rings. The number of carbonyl (C=O) groups is 1.